The van der Waals surface area contributed by atoms with Gasteiger partial charge in [-0.1, -0.05) is 106 Å². The van der Waals surface area contributed by atoms with E-state index in [1.807, 2.05) is 18.2 Å². The van der Waals surface area contributed by atoms with Crippen molar-refractivity contribution in [2.45, 2.75) is 82.9 Å². The molecule has 2 aliphatic heterocycles. The molecule has 3 aromatic rings. The zero-order valence-electron chi connectivity index (χ0n) is 22.0. The molecule has 0 spiro atoms. The third-order valence-corrected chi connectivity index (χ3v) is 7.49. The van der Waals surface area contributed by atoms with E-state index in [1.165, 1.54) is 48.8 Å². The Kier molecular flexibility index (Phi) is 9.28. The fourth-order valence-corrected chi connectivity index (χ4v) is 5.29. The number of hydrogen-bond acceptors (Lipinski definition) is 4. The van der Waals surface area contributed by atoms with Crippen molar-refractivity contribution in [3.8, 4) is 16.9 Å². The van der Waals surface area contributed by atoms with Crippen LogP contribution in [0.4, 0.5) is 0 Å². The Morgan fingerprint density at radius 2 is 1.38 bits per heavy atom. The molecule has 0 aliphatic carbocycles. The van der Waals surface area contributed by atoms with Crippen LogP contribution in [0.3, 0.4) is 0 Å². The van der Waals surface area contributed by atoms with Gasteiger partial charge in [-0.2, -0.15) is 0 Å². The molecule has 0 bridgehead atoms. The van der Waals surface area contributed by atoms with Gasteiger partial charge in [0.15, 0.2) is 6.29 Å². The topological polar surface area (TPSA) is 36.9 Å². The summed E-state index contributed by atoms with van der Waals surface area (Å²) in [6, 6.07) is 27.4. The molecule has 196 valence electrons. The van der Waals surface area contributed by atoms with Crippen molar-refractivity contribution in [1.29, 1.82) is 0 Å². The van der Waals surface area contributed by atoms with E-state index in [9.17, 15) is 0 Å². The Balaban J connectivity index is 1.08. The van der Waals surface area contributed by atoms with Gasteiger partial charge in [0.05, 0.1) is 25.4 Å². The molecule has 2 heterocycles. The second-order valence-corrected chi connectivity index (χ2v) is 10.3. The molecule has 0 aromatic heterocycles. The smallest absolute Gasteiger partial charge is 0.184 e. The van der Waals surface area contributed by atoms with Gasteiger partial charge in [-0.25, -0.2) is 0 Å². The van der Waals surface area contributed by atoms with Gasteiger partial charge in [-0.15, -0.1) is 0 Å². The molecule has 0 N–H and O–H groups in total. The predicted octanol–water partition coefficient (Wildman–Crippen LogP) is 8.43. The van der Waals surface area contributed by atoms with Gasteiger partial charge in [0.1, 0.15) is 11.9 Å². The third-order valence-electron chi connectivity index (χ3n) is 7.49. The minimum absolute atomic E-state index is 0.0382. The van der Waals surface area contributed by atoms with Crippen LogP contribution < -0.4 is 4.74 Å². The highest BCUT2D eigenvalue weighted by Gasteiger charge is 2.38. The molecule has 4 atom stereocenters. The molecule has 0 amide bonds. The Hall–Kier alpha value is -2.66. The average molecular weight is 501 g/mol. The minimum atomic E-state index is -0.348. The van der Waals surface area contributed by atoms with Crippen molar-refractivity contribution >= 4 is 0 Å². The number of rotatable bonds is 11. The molecule has 0 saturated carbocycles. The average Bonchev–Trinajstić information content (AvgIpc) is 2.97. The number of fused-ring (bicyclic) bond motifs is 1. The summed E-state index contributed by atoms with van der Waals surface area (Å²) in [6.45, 7) is 3.57. The van der Waals surface area contributed by atoms with Gasteiger partial charge in [0.2, 0.25) is 0 Å². The first kappa shape index (κ1) is 26.0. The minimum Gasteiger partial charge on any atom is -0.494 e. The van der Waals surface area contributed by atoms with Crippen molar-refractivity contribution in [1.82, 2.24) is 0 Å². The molecular formula is C33H40O4. The fourth-order valence-electron chi connectivity index (χ4n) is 5.29. The zero-order valence-corrected chi connectivity index (χ0v) is 22.0. The first-order chi connectivity index (χ1) is 18.3. The van der Waals surface area contributed by atoms with Crippen molar-refractivity contribution < 1.29 is 18.9 Å². The Morgan fingerprint density at radius 3 is 2.16 bits per heavy atom. The third kappa shape index (κ3) is 7.01. The van der Waals surface area contributed by atoms with E-state index in [0.29, 0.717) is 6.61 Å². The summed E-state index contributed by atoms with van der Waals surface area (Å²) >= 11 is 0. The van der Waals surface area contributed by atoms with Gasteiger partial charge in [0, 0.05) is 5.56 Å². The quantitative estimate of drug-likeness (QED) is 0.248. The maximum absolute atomic E-state index is 6.44. The van der Waals surface area contributed by atoms with E-state index in [1.54, 1.807) is 0 Å². The zero-order chi connectivity index (χ0) is 25.3. The molecule has 0 radical (unpaired) electrons. The van der Waals surface area contributed by atoms with Crippen LogP contribution in [0.5, 0.6) is 5.75 Å². The van der Waals surface area contributed by atoms with Crippen molar-refractivity contribution in [3.05, 3.63) is 90.0 Å². The summed E-state index contributed by atoms with van der Waals surface area (Å²) < 4.78 is 24.8. The lowest BCUT2D eigenvalue weighted by Gasteiger charge is -2.42. The van der Waals surface area contributed by atoms with Gasteiger partial charge < -0.3 is 18.9 Å². The number of ether oxygens (including phenoxy) is 4. The van der Waals surface area contributed by atoms with Gasteiger partial charge in [-0.3, -0.25) is 0 Å². The van der Waals surface area contributed by atoms with Crippen LogP contribution in [0.2, 0.25) is 0 Å². The number of unbranched alkanes of at least 4 members (excludes halogenated alkanes) is 5. The van der Waals surface area contributed by atoms with Crippen molar-refractivity contribution in [3.63, 3.8) is 0 Å². The molecule has 0 unspecified atom stereocenters. The second-order valence-electron chi connectivity index (χ2n) is 10.3. The van der Waals surface area contributed by atoms with E-state index in [2.05, 4.69) is 67.6 Å². The van der Waals surface area contributed by atoms with E-state index in [0.717, 1.165) is 37.2 Å². The molecule has 2 fully saturated rings. The lowest BCUT2D eigenvalue weighted by Crippen LogP contribution is -2.45. The van der Waals surface area contributed by atoms with Crippen LogP contribution in [-0.2, 0) is 14.2 Å². The lowest BCUT2D eigenvalue weighted by molar-refractivity contribution is -0.289. The summed E-state index contributed by atoms with van der Waals surface area (Å²) in [5.74, 6) is 0.910. The summed E-state index contributed by atoms with van der Waals surface area (Å²) in [6.07, 6.45) is 9.29. The van der Waals surface area contributed by atoms with Crippen LogP contribution in [0.15, 0.2) is 78.9 Å². The standard InChI is InChI=1S/C33H40O4/c1-2-3-4-5-6-10-23-34-29-19-17-28(18-20-29)33-35-24-32-31(37-33)22-21-30(36-32)27-15-13-26(14-16-27)25-11-8-7-9-12-25/h7-9,11-20,30-33H,2-6,10,21-24H2,1H3/t30-,31+,32-,33-/m1/s1. The van der Waals surface area contributed by atoms with Crippen LogP contribution in [0.25, 0.3) is 11.1 Å². The fraction of sp³-hybridized carbons (Fsp3) is 0.455. The highest BCUT2D eigenvalue weighted by molar-refractivity contribution is 5.63. The second kappa shape index (κ2) is 13.2. The van der Waals surface area contributed by atoms with Crippen LogP contribution in [0, 0.1) is 0 Å². The van der Waals surface area contributed by atoms with Gasteiger partial charge in [-0.05, 0) is 48.1 Å². The van der Waals surface area contributed by atoms with E-state index in [-0.39, 0.29) is 24.6 Å². The molecule has 4 nitrogen and oxygen atoms in total. The largest absolute Gasteiger partial charge is 0.494 e. The SMILES string of the molecule is CCCCCCCCOc1ccc([C@@H]2OC[C@H]3O[C@@H](c4ccc(-c5ccccc5)cc4)CC[C@@H]3O2)cc1. The molecular weight excluding hydrogens is 460 g/mol. The molecule has 2 aliphatic rings. The molecule has 2 saturated heterocycles. The summed E-state index contributed by atoms with van der Waals surface area (Å²) in [7, 11) is 0. The molecule has 5 rings (SSSR count). The highest BCUT2D eigenvalue weighted by atomic mass is 16.7. The maximum atomic E-state index is 6.44. The molecule has 4 heteroatoms. The first-order valence-electron chi connectivity index (χ1n) is 14.1. The van der Waals surface area contributed by atoms with Gasteiger partial charge >= 0.3 is 0 Å². The highest BCUT2D eigenvalue weighted by Crippen LogP contribution is 2.39. The van der Waals surface area contributed by atoms with Gasteiger partial charge in [0.25, 0.3) is 0 Å². The summed E-state index contributed by atoms with van der Waals surface area (Å²) in [5, 5.41) is 0. The summed E-state index contributed by atoms with van der Waals surface area (Å²) in [5.41, 5.74) is 4.71. The molecule has 3 aromatic carbocycles. The maximum Gasteiger partial charge on any atom is 0.184 e. The Labute approximate surface area is 221 Å². The number of hydrogen-bond donors (Lipinski definition) is 0. The summed E-state index contributed by atoms with van der Waals surface area (Å²) in [4.78, 5) is 0. The Bertz CT molecular complexity index is 1060. The van der Waals surface area contributed by atoms with Crippen LogP contribution in [-0.4, -0.2) is 25.4 Å². The predicted molar refractivity (Wildman–Crippen MR) is 148 cm³/mol. The van der Waals surface area contributed by atoms with Crippen LogP contribution >= 0.6 is 0 Å². The molecule has 37 heavy (non-hydrogen) atoms. The van der Waals surface area contributed by atoms with Crippen LogP contribution in [0.1, 0.15) is 81.8 Å². The lowest BCUT2D eigenvalue weighted by atomic mass is 9.94. The van der Waals surface area contributed by atoms with Crippen molar-refractivity contribution in [2.75, 3.05) is 13.2 Å². The Morgan fingerprint density at radius 1 is 0.676 bits per heavy atom. The monoisotopic (exact) mass is 500 g/mol. The first-order valence-corrected chi connectivity index (χ1v) is 14.1. The van der Waals surface area contributed by atoms with Crippen molar-refractivity contribution in [2.24, 2.45) is 0 Å². The normalized spacial score (nSPS) is 23.4. The van der Waals surface area contributed by atoms with E-state index >= 15 is 0 Å². The number of benzene rings is 3. The van der Waals surface area contributed by atoms with E-state index in [4.69, 9.17) is 18.9 Å². The van der Waals surface area contributed by atoms with E-state index < -0.39 is 0 Å².